The SMILES string of the molecule is CC(C)(C)c1cc2nc(C(=O)NCCN3CCCC3)cc(-c3cccc(F)c3)n2n1. The van der Waals surface area contributed by atoms with Crippen molar-refractivity contribution >= 4 is 11.6 Å². The van der Waals surface area contributed by atoms with Crippen LogP contribution in [0, 0.1) is 5.82 Å². The molecule has 30 heavy (non-hydrogen) atoms. The van der Waals surface area contributed by atoms with E-state index in [1.807, 2.05) is 12.1 Å². The third-order valence-corrected chi connectivity index (χ3v) is 5.46. The summed E-state index contributed by atoms with van der Waals surface area (Å²) in [4.78, 5) is 19.7. The molecule has 1 saturated heterocycles. The second kappa shape index (κ2) is 8.14. The maximum atomic E-state index is 13.9. The molecule has 0 saturated carbocycles. The number of nitrogens with one attached hydrogen (secondary N) is 1. The fourth-order valence-electron chi connectivity index (χ4n) is 3.74. The Morgan fingerprint density at radius 1 is 1.17 bits per heavy atom. The van der Waals surface area contributed by atoms with Crippen molar-refractivity contribution < 1.29 is 9.18 Å². The highest BCUT2D eigenvalue weighted by Crippen LogP contribution is 2.26. The van der Waals surface area contributed by atoms with Crippen LogP contribution in [0.25, 0.3) is 16.9 Å². The van der Waals surface area contributed by atoms with E-state index >= 15 is 0 Å². The topological polar surface area (TPSA) is 62.5 Å². The number of carbonyl (C=O) groups excluding carboxylic acids is 1. The van der Waals surface area contributed by atoms with Crippen LogP contribution in [0.1, 0.15) is 49.8 Å². The lowest BCUT2D eigenvalue weighted by atomic mass is 9.93. The number of halogens is 1. The van der Waals surface area contributed by atoms with E-state index in [1.165, 1.54) is 25.0 Å². The molecule has 0 aliphatic carbocycles. The Hall–Kier alpha value is -2.80. The van der Waals surface area contributed by atoms with Crippen LogP contribution in [-0.2, 0) is 5.41 Å². The van der Waals surface area contributed by atoms with Crippen LogP contribution in [0.15, 0.2) is 36.4 Å². The first kappa shape index (κ1) is 20.5. The van der Waals surface area contributed by atoms with Crippen molar-refractivity contribution in [2.45, 2.75) is 39.0 Å². The third-order valence-electron chi connectivity index (χ3n) is 5.46. The van der Waals surface area contributed by atoms with Gasteiger partial charge in [0.1, 0.15) is 11.5 Å². The van der Waals surface area contributed by atoms with Crippen molar-refractivity contribution in [3.05, 3.63) is 53.6 Å². The summed E-state index contributed by atoms with van der Waals surface area (Å²) in [6.45, 7) is 9.82. The molecular weight excluding hydrogens is 381 g/mol. The molecule has 7 heteroatoms. The maximum absolute atomic E-state index is 13.9. The highest BCUT2D eigenvalue weighted by molar-refractivity contribution is 5.94. The predicted molar refractivity (Wildman–Crippen MR) is 115 cm³/mol. The number of amides is 1. The number of rotatable bonds is 5. The van der Waals surface area contributed by atoms with Gasteiger partial charge in [-0.2, -0.15) is 5.10 Å². The van der Waals surface area contributed by atoms with Crippen LogP contribution in [0.5, 0.6) is 0 Å². The second-order valence-electron chi connectivity index (χ2n) is 8.89. The predicted octanol–water partition coefficient (Wildman–Crippen LogP) is 3.66. The number of fused-ring (bicyclic) bond motifs is 1. The lowest BCUT2D eigenvalue weighted by molar-refractivity contribution is 0.0945. The molecule has 4 rings (SSSR count). The van der Waals surface area contributed by atoms with E-state index in [1.54, 1.807) is 16.6 Å². The first-order chi connectivity index (χ1) is 14.3. The number of carbonyl (C=O) groups is 1. The maximum Gasteiger partial charge on any atom is 0.270 e. The Bertz CT molecular complexity index is 1060. The minimum atomic E-state index is -0.336. The monoisotopic (exact) mass is 409 g/mol. The van der Waals surface area contributed by atoms with Gasteiger partial charge < -0.3 is 10.2 Å². The lowest BCUT2D eigenvalue weighted by Gasteiger charge is -2.15. The fraction of sp³-hybridized carbons (Fsp3) is 0.435. The third kappa shape index (κ3) is 4.36. The molecule has 0 bridgehead atoms. The summed E-state index contributed by atoms with van der Waals surface area (Å²) in [5.41, 5.74) is 2.86. The minimum absolute atomic E-state index is 0.176. The number of nitrogens with zero attached hydrogens (tertiary/aromatic N) is 4. The number of benzene rings is 1. The molecule has 1 fully saturated rings. The zero-order valence-electron chi connectivity index (χ0n) is 17.8. The molecule has 6 nitrogen and oxygen atoms in total. The highest BCUT2D eigenvalue weighted by atomic mass is 19.1. The Labute approximate surface area is 176 Å². The molecule has 1 aromatic carbocycles. The van der Waals surface area contributed by atoms with E-state index in [-0.39, 0.29) is 17.1 Å². The van der Waals surface area contributed by atoms with E-state index in [2.05, 4.69) is 36.0 Å². The summed E-state index contributed by atoms with van der Waals surface area (Å²) in [7, 11) is 0. The van der Waals surface area contributed by atoms with Crippen molar-refractivity contribution in [3.8, 4) is 11.3 Å². The molecular formula is C23H28FN5O. The summed E-state index contributed by atoms with van der Waals surface area (Å²) in [5.74, 6) is -0.565. The molecule has 0 atom stereocenters. The lowest BCUT2D eigenvalue weighted by Crippen LogP contribution is -2.34. The molecule has 3 aromatic rings. The molecule has 0 unspecified atom stereocenters. The van der Waals surface area contributed by atoms with Gasteiger partial charge in [0.15, 0.2) is 5.65 Å². The van der Waals surface area contributed by atoms with Crippen molar-refractivity contribution in [2.75, 3.05) is 26.2 Å². The molecule has 1 amide bonds. The van der Waals surface area contributed by atoms with Crippen LogP contribution in [0.2, 0.25) is 0 Å². The van der Waals surface area contributed by atoms with Gasteiger partial charge in [0.05, 0.1) is 11.4 Å². The van der Waals surface area contributed by atoms with E-state index < -0.39 is 0 Å². The average Bonchev–Trinajstić information content (AvgIpc) is 3.36. The molecule has 0 radical (unpaired) electrons. The molecule has 1 aliphatic heterocycles. The van der Waals surface area contributed by atoms with E-state index in [0.717, 1.165) is 25.3 Å². The number of hydrogen-bond acceptors (Lipinski definition) is 4. The van der Waals surface area contributed by atoms with Crippen LogP contribution in [0.4, 0.5) is 4.39 Å². The summed E-state index contributed by atoms with van der Waals surface area (Å²) < 4.78 is 15.6. The summed E-state index contributed by atoms with van der Waals surface area (Å²) in [6, 6.07) is 9.89. The van der Waals surface area contributed by atoms with Crippen LogP contribution in [-0.4, -0.2) is 51.6 Å². The van der Waals surface area contributed by atoms with Gasteiger partial charge in [0.2, 0.25) is 0 Å². The largest absolute Gasteiger partial charge is 0.349 e. The smallest absolute Gasteiger partial charge is 0.270 e. The van der Waals surface area contributed by atoms with Crippen molar-refractivity contribution in [1.29, 1.82) is 0 Å². The fourth-order valence-corrected chi connectivity index (χ4v) is 3.74. The van der Waals surface area contributed by atoms with E-state index in [0.29, 0.717) is 29.1 Å². The standard InChI is InChI=1S/C23H28FN5O/c1-23(2,3)20-15-21-26-18(22(30)25-9-12-28-10-4-5-11-28)14-19(29(21)27-20)16-7-6-8-17(24)13-16/h6-8,13-15H,4-5,9-12H2,1-3H3,(H,25,30). The highest BCUT2D eigenvalue weighted by Gasteiger charge is 2.21. The minimum Gasteiger partial charge on any atom is -0.349 e. The van der Waals surface area contributed by atoms with Gasteiger partial charge in [-0.25, -0.2) is 13.9 Å². The Kier molecular flexibility index (Phi) is 5.56. The van der Waals surface area contributed by atoms with Crippen LogP contribution >= 0.6 is 0 Å². The summed E-state index contributed by atoms with van der Waals surface area (Å²) >= 11 is 0. The number of hydrogen-bond donors (Lipinski definition) is 1. The summed E-state index contributed by atoms with van der Waals surface area (Å²) in [6.07, 6.45) is 2.45. The van der Waals surface area contributed by atoms with Gasteiger partial charge in [-0.15, -0.1) is 0 Å². The zero-order valence-corrected chi connectivity index (χ0v) is 17.8. The molecule has 1 N–H and O–H groups in total. The van der Waals surface area contributed by atoms with Gasteiger partial charge in [-0.1, -0.05) is 32.9 Å². The second-order valence-corrected chi connectivity index (χ2v) is 8.89. The first-order valence-electron chi connectivity index (χ1n) is 10.5. The van der Waals surface area contributed by atoms with Crippen molar-refractivity contribution in [1.82, 2.24) is 24.8 Å². The van der Waals surface area contributed by atoms with E-state index in [4.69, 9.17) is 5.10 Å². The molecule has 3 heterocycles. The number of aromatic nitrogens is 3. The molecule has 0 spiro atoms. The van der Waals surface area contributed by atoms with Gasteiger partial charge in [0, 0.05) is 30.1 Å². The number of likely N-dealkylation sites (tertiary alicyclic amines) is 1. The van der Waals surface area contributed by atoms with Gasteiger partial charge >= 0.3 is 0 Å². The summed E-state index contributed by atoms with van der Waals surface area (Å²) in [5, 5.41) is 7.67. The Balaban J connectivity index is 1.68. The van der Waals surface area contributed by atoms with E-state index in [9.17, 15) is 9.18 Å². The molecule has 1 aliphatic rings. The van der Waals surface area contributed by atoms with Gasteiger partial charge in [-0.05, 0) is 44.1 Å². The average molecular weight is 410 g/mol. The van der Waals surface area contributed by atoms with Crippen molar-refractivity contribution in [2.24, 2.45) is 0 Å². The molecule has 158 valence electrons. The normalized spacial score (nSPS) is 15.1. The van der Waals surface area contributed by atoms with Gasteiger partial charge in [-0.3, -0.25) is 4.79 Å². The molecule has 2 aromatic heterocycles. The Morgan fingerprint density at radius 3 is 2.63 bits per heavy atom. The van der Waals surface area contributed by atoms with Crippen LogP contribution in [0.3, 0.4) is 0 Å². The van der Waals surface area contributed by atoms with Crippen LogP contribution < -0.4 is 5.32 Å². The van der Waals surface area contributed by atoms with Crippen molar-refractivity contribution in [3.63, 3.8) is 0 Å². The quantitative estimate of drug-likeness (QED) is 0.699. The zero-order chi connectivity index (χ0) is 21.3. The first-order valence-corrected chi connectivity index (χ1v) is 10.5. The van der Waals surface area contributed by atoms with Gasteiger partial charge in [0.25, 0.3) is 5.91 Å². The Morgan fingerprint density at radius 2 is 1.93 bits per heavy atom.